The number of hydrogen-bond donors (Lipinski definition) is 3. The molecular weight excluding hydrogens is 440 g/mol. The summed E-state index contributed by atoms with van der Waals surface area (Å²) in [6.07, 6.45) is 4.25. The quantitative estimate of drug-likeness (QED) is 0.549. The fraction of sp³-hybridized carbons (Fsp3) is 0.636. The van der Waals surface area contributed by atoms with E-state index in [4.69, 9.17) is 0 Å². The van der Waals surface area contributed by atoms with Crippen LogP contribution in [0.15, 0.2) is 4.79 Å². The molecule has 2 aromatic rings. The summed E-state index contributed by atoms with van der Waals surface area (Å²) in [7, 11) is 3.67. The molecular formula is C22H32N8O4. The predicted molar refractivity (Wildman–Crippen MR) is 122 cm³/mol. The molecule has 12 nitrogen and oxygen atoms in total. The normalized spacial score (nSPS) is 20.0. The van der Waals surface area contributed by atoms with Crippen LogP contribution in [-0.4, -0.2) is 85.2 Å². The monoisotopic (exact) mass is 472 g/mol. The van der Waals surface area contributed by atoms with Crippen molar-refractivity contribution in [3.8, 4) is 0 Å². The van der Waals surface area contributed by atoms with Crippen LogP contribution in [0.1, 0.15) is 59.7 Å². The number of rotatable bonds is 3. The summed E-state index contributed by atoms with van der Waals surface area (Å²) in [5.74, 6) is 0.178. The molecule has 184 valence electrons. The number of carbonyl (C=O) groups excluding carboxylic acids is 3. The number of hydrogen-bond acceptors (Lipinski definition) is 6. The first-order valence-corrected chi connectivity index (χ1v) is 11.8. The van der Waals surface area contributed by atoms with Gasteiger partial charge in [-0.1, -0.05) is 0 Å². The Hall–Kier alpha value is -3.44. The molecule has 4 rings (SSSR count). The summed E-state index contributed by atoms with van der Waals surface area (Å²) in [6, 6.07) is 0.0228. The third-order valence-corrected chi connectivity index (χ3v) is 6.77. The highest BCUT2D eigenvalue weighted by Crippen LogP contribution is 2.27. The van der Waals surface area contributed by atoms with E-state index in [0.717, 1.165) is 24.1 Å². The number of fused-ring (bicyclic) bond motifs is 1. The first-order valence-electron chi connectivity index (χ1n) is 11.8. The molecule has 3 N–H and O–H groups in total. The highest BCUT2D eigenvalue weighted by molar-refractivity contribution is 5.94. The van der Waals surface area contributed by atoms with Gasteiger partial charge in [-0.05, 0) is 32.1 Å². The smallest absolute Gasteiger partial charge is 0.340 e. The van der Waals surface area contributed by atoms with Gasteiger partial charge in [-0.2, -0.15) is 10.2 Å². The van der Waals surface area contributed by atoms with Crippen LogP contribution in [0.3, 0.4) is 0 Å². The Morgan fingerprint density at radius 2 is 1.91 bits per heavy atom. The SMILES string of the molecule is CN1C(=O)CCCN(C(=O)CCc2n[nH]c(=O)[nH]2)CCCNC(=O)c2nn(C)c3c2CC1CC3. The summed E-state index contributed by atoms with van der Waals surface area (Å²) in [4.78, 5) is 55.9. The number of aryl methyl sites for hydroxylation is 2. The molecule has 34 heavy (non-hydrogen) atoms. The molecule has 2 aromatic heterocycles. The highest BCUT2D eigenvalue weighted by atomic mass is 16.2. The molecule has 0 radical (unpaired) electrons. The summed E-state index contributed by atoms with van der Waals surface area (Å²) in [5, 5.41) is 13.5. The van der Waals surface area contributed by atoms with Crippen molar-refractivity contribution in [1.29, 1.82) is 0 Å². The second-order valence-corrected chi connectivity index (χ2v) is 9.02. The summed E-state index contributed by atoms with van der Waals surface area (Å²) in [5.41, 5.74) is 2.01. The maximum Gasteiger partial charge on any atom is 0.340 e. The summed E-state index contributed by atoms with van der Waals surface area (Å²) >= 11 is 0. The number of nitrogens with one attached hydrogen (secondary N) is 3. The van der Waals surface area contributed by atoms with Gasteiger partial charge >= 0.3 is 5.69 Å². The lowest BCUT2D eigenvalue weighted by Crippen LogP contribution is -2.41. The minimum Gasteiger partial charge on any atom is -0.351 e. The molecule has 3 heterocycles. The van der Waals surface area contributed by atoms with Gasteiger partial charge in [0.25, 0.3) is 5.91 Å². The molecule has 0 spiro atoms. The Labute approximate surface area is 197 Å². The molecule has 1 unspecified atom stereocenters. The molecule has 12 heteroatoms. The van der Waals surface area contributed by atoms with Gasteiger partial charge in [0.05, 0.1) is 0 Å². The molecule has 2 aliphatic rings. The maximum atomic E-state index is 12.9. The number of likely N-dealkylation sites (N-methyl/N-ethyl adjacent to an activating group) is 1. The first-order chi connectivity index (χ1) is 16.3. The van der Waals surface area contributed by atoms with Crippen LogP contribution < -0.4 is 11.0 Å². The van der Waals surface area contributed by atoms with Crippen molar-refractivity contribution in [3.05, 3.63) is 33.3 Å². The standard InChI is InChI=1S/C22H32N8O4/c1-28-14-6-7-16-15(13-14)20(27-29(16)2)21(33)23-10-4-12-30(11-3-5-18(28)31)19(32)9-8-17-24-22(34)26-25-17/h14H,3-13H2,1-2H3,(H,23,33)(H2,24,25,26,34). The molecule has 2 bridgehead atoms. The molecule has 0 fully saturated rings. The minimum absolute atomic E-state index is 0.0228. The molecule has 3 amide bonds. The van der Waals surface area contributed by atoms with Gasteiger partial charge in [0.2, 0.25) is 11.8 Å². The van der Waals surface area contributed by atoms with E-state index in [1.165, 1.54) is 0 Å². The second-order valence-electron chi connectivity index (χ2n) is 9.02. The molecule has 0 saturated heterocycles. The number of amides is 3. The van der Waals surface area contributed by atoms with E-state index >= 15 is 0 Å². The van der Waals surface area contributed by atoms with Crippen LogP contribution in [0.5, 0.6) is 0 Å². The fourth-order valence-corrected chi connectivity index (χ4v) is 4.81. The van der Waals surface area contributed by atoms with Crippen LogP contribution in [0.25, 0.3) is 0 Å². The third kappa shape index (κ3) is 5.20. The molecule has 1 atom stereocenters. The van der Waals surface area contributed by atoms with E-state index in [-0.39, 0.29) is 30.2 Å². The third-order valence-electron chi connectivity index (χ3n) is 6.77. The van der Waals surface area contributed by atoms with Gasteiger partial charge in [-0.3, -0.25) is 24.0 Å². The lowest BCUT2D eigenvalue weighted by atomic mass is 9.90. The average molecular weight is 473 g/mol. The minimum atomic E-state index is -0.402. The highest BCUT2D eigenvalue weighted by Gasteiger charge is 2.31. The predicted octanol–water partition coefficient (Wildman–Crippen LogP) is -0.478. The first kappa shape index (κ1) is 23.7. The van der Waals surface area contributed by atoms with Crippen LogP contribution in [0, 0.1) is 0 Å². The number of aromatic nitrogens is 5. The average Bonchev–Trinajstić information content (AvgIpc) is 3.39. The molecule has 0 aromatic carbocycles. The molecule has 0 saturated carbocycles. The van der Waals surface area contributed by atoms with E-state index in [1.54, 1.807) is 14.5 Å². The van der Waals surface area contributed by atoms with E-state index in [0.29, 0.717) is 63.3 Å². The summed E-state index contributed by atoms with van der Waals surface area (Å²) in [6.45, 7) is 1.34. The Morgan fingerprint density at radius 1 is 1.12 bits per heavy atom. The van der Waals surface area contributed by atoms with Crippen molar-refractivity contribution >= 4 is 17.7 Å². The van der Waals surface area contributed by atoms with Crippen molar-refractivity contribution in [1.82, 2.24) is 40.1 Å². The topological polar surface area (TPSA) is 149 Å². The van der Waals surface area contributed by atoms with E-state index < -0.39 is 5.69 Å². The zero-order valence-electron chi connectivity index (χ0n) is 19.7. The lowest BCUT2D eigenvalue weighted by molar-refractivity contribution is -0.134. The summed E-state index contributed by atoms with van der Waals surface area (Å²) < 4.78 is 1.78. The Kier molecular flexibility index (Phi) is 7.13. The fourth-order valence-electron chi connectivity index (χ4n) is 4.81. The second kappa shape index (κ2) is 10.2. The lowest BCUT2D eigenvalue weighted by Gasteiger charge is -2.32. The van der Waals surface area contributed by atoms with Crippen molar-refractivity contribution in [2.45, 2.75) is 57.4 Å². The Balaban J connectivity index is 1.46. The largest absolute Gasteiger partial charge is 0.351 e. The Bertz CT molecular complexity index is 1120. The van der Waals surface area contributed by atoms with Gasteiger partial charge < -0.3 is 15.1 Å². The number of nitrogens with zero attached hydrogens (tertiary/aromatic N) is 5. The maximum absolute atomic E-state index is 12.9. The van der Waals surface area contributed by atoms with Crippen molar-refractivity contribution in [3.63, 3.8) is 0 Å². The Morgan fingerprint density at radius 3 is 2.68 bits per heavy atom. The number of H-pyrrole nitrogens is 2. The van der Waals surface area contributed by atoms with Gasteiger partial charge in [0, 0.05) is 70.3 Å². The molecule has 1 aliphatic carbocycles. The molecule has 1 aliphatic heterocycles. The zero-order chi connectivity index (χ0) is 24.2. The van der Waals surface area contributed by atoms with Gasteiger partial charge in [-0.15, -0.1) is 0 Å². The van der Waals surface area contributed by atoms with Gasteiger partial charge in [0.15, 0.2) is 5.69 Å². The van der Waals surface area contributed by atoms with Crippen molar-refractivity contribution in [2.75, 3.05) is 26.7 Å². The van der Waals surface area contributed by atoms with Crippen molar-refractivity contribution in [2.24, 2.45) is 7.05 Å². The van der Waals surface area contributed by atoms with Crippen LogP contribution >= 0.6 is 0 Å². The van der Waals surface area contributed by atoms with Crippen LogP contribution in [0.4, 0.5) is 0 Å². The van der Waals surface area contributed by atoms with Crippen molar-refractivity contribution < 1.29 is 14.4 Å². The van der Waals surface area contributed by atoms with Crippen LogP contribution in [-0.2, 0) is 35.9 Å². The zero-order valence-corrected chi connectivity index (χ0v) is 19.7. The van der Waals surface area contributed by atoms with E-state index in [9.17, 15) is 19.2 Å². The van der Waals surface area contributed by atoms with E-state index in [2.05, 4.69) is 25.6 Å². The number of carbonyl (C=O) groups is 3. The van der Waals surface area contributed by atoms with Gasteiger partial charge in [-0.25, -0.2) is 9.89 Å². The van der Waals surface area contributed by atoms with Gasteiger partial charge in [0.1, 0.15) is 5.82 Å². The van der Waals surface area contributed by atoms with E-state index in [1.807, 2.05) is 14.1 Å². The number of aromatic amines is 2. The van der Waals surface area contributed by atoms with Crippen LogP contribution in [0.2, 0.25) is 0 Å².